The highest BCUT2D eigenvalue weighted by molar-refractivity contribution is 5.15. The molecule has 0 bridgehead atoms. The lowest BCUT2D eigenvalue weighted by Gasteiger charge is -2.47. The Hall–Kier alpha value is -2.30. The van der Waals surface area contributed by atoms with Crippen molar-refractivity contribution < 1.29 is 24.1 Å². The Morgan fingerprint density at radius 2 is 1.97 bits per heavy atom. The van der Waals surface area contributed by atoms with E-state index in [4.69, 9.17) is 18.9 Å². The predicted molar refractivity (Wildman–Crippen MR) is 120 cm³/mol. The molecule has 6 atom stereocenters. The van der Waals surface area contributed by atoms with E-state index in [0.29, 0.717) is 12.0 Å². The van der Waals surface area contributed by atoms with Crippen LogP contribution < -0.4 is 11.2 Å². The topological polar surface area (TPSA) is 112 Å². The van der Waals surface area contributed by atoms with Crippen molar-refractivity contribution in [3.8, 4) is 0 Å². The van der Waals surface area contributed by atoms with Crippen LogP contribution >= 0.6 is 0 Å². The van der Waals surface area contributed by atoms with Gasteiger partial charge in [0.15, 0.2) is 6.23 Å². The number of aromatic nitrogens is 2. The van der Waals surface area contributed by atoms with Crippen molar-refractivity contribution in [3.63, 3.8) is 0 Å². The number of methoxy groups -OCH3 is 1. The molecule has 2 N–H and O–H groups in total. The molecule has 2 aromatic rings. The molecule has 180 valence electrons. The van der Waals surface area contributed by atoms with E-state index in [1.54, 1.807) is 14.0 Å². The third kappa shape index (κ3) is 4.43. The number of hydrogen-bond acceptors (Lipinski definition) is 7. The maximum atomic E-state index is 12.6. The average Bonchev–Trinajstić information content (AvgIpc) is 3.09. The zero-order valence-corrected chi connectivity index (χ0v) is 19.2. The minimum Gasteiger partial charge on any atom is -0.386 e. The smallest absolute Gasteiger partial charge is 0.330 e. The van der Waals surface area contributed by atoms with Crippen LogP contribution in [-0.2, 0) is 25.6 Å². The third-order valence-corrected chi connectivity index (χ3v) is 6.83. The fourth-order valence-corrected chi connectivity index (χ4v) is 5.15. The Balaban J connectivity index is 1.75. The van der Waals surface area contributed by atoms with Crippen LogP contribution in [0.2, 0.25) is 0 Å². The third-order valence-electron chi connectivity index (χ3n) is 6.83. The summed E-state index contributed by atoms with van der Waals surface area (Å²) in [5.41, 5.74) is -0.816. The zero-order valence-electron chi connectivity index (χ0n) is 19.2. The highest BCUT2D eigenvalue weighted by Crippen LogP contribution is 2.51. The number of ether oxygens (including phenoxy) is 4. The van der Waals surface area contributed by atoms with Gasteiger partial charge in [0.05, 0.1) is 12.7 Å². The predicted octanol–water partition coefficient (Wildman–Crippen LogP) is 1.87. The summed E-state index contributed by atoms with van der Waals surface area (Å²) in [6.45, 7) is 4.00. The van der Waals surface area contributed by atoms with E-state index in [1.807, 2.05) is 30.3 Å². The number of nitrogens with one attached hydrogen (secondary N) is 1. The molecule has 33 heavy (non-hydrogen) atoms. The van der Waals surface area contributed by atoms with Gasteiger partial charge in [-0.25, -0.2) is 4.79 Å². The minimum absolute atomic E-state index is 0.0203. The lowest BCUT2D eigenvalue weighted by atomic mass is 9.70. The molecule has 1 saturated heterocycles. The standard InChI is InChI=1S/C24H32N2O7/c1-15-12-26(23(29)25-21(15)28)22-19(27)20(31-13-17-9-5-4-6-10-17)24(33-22)16(2)8-7-11-18(24)32-14-30-3/h4-6,9-10,12,16,18-20,22,27H,7-8,11,13-14H2,1-3H3,(H,25,28,29)/t16-,18+,19+,20-,22-,24?/m1/s1. The first-order valence-electron chi connectivity index (χ1n) is 11.3. The van der Waals surface area contributed by atoms with Gasteiger partial charge >= 0.3 is 5.69 Å². The lowest BCUT2D eigenvalue weighted by Crippen LogP contribution is -2.60. The molecule has 0 radical (unpaired) electrons. The van der Waals surface area contributed by atoms with Crippen LogP contribution in [0.1, 0.15) is 43.5 Å². The lowest BCUT2D eigenvalue weighted by molar-refractivity contribution is -0.243. The van der Waals surface area contributed by atoms with E-state index in [2.05, 4.69) is 11.9 Å². The Bertz CT molecular complexity index is 1050. The normalized spacial score (nSPS) is 31.8. The van der Waals surface area contributed by atoms with Crippen LogP contribution in [0.5, 0.6) is 0 Å². The highest BCUT2D eigenvalue weighted by Gasteiger charge is 2.64. The van der Waals surface area contributed by atoms with Gasteiger partial charge in [-0.05, 0) is 31.2 Å². The van der Waals surface area contributed by atoms with Crippen LogP contribution in [0, 0.1) is 12.8 Å². The average molecular weight is 461 g/mol. The molecule has 4 rings (SSSR count). The van der Waals surface area contributed by atoms with Gasteiger partial charge in [-0.1, -0.05) is 43.7 Å². The molecular weight excluding hydrogens is 428 g/mol. The molecule has 2 fully saturated rings. The molecule has 1 aromatic heterocycles. The molecule has 9 nitrogen and oxygen atoms in total. The molecule has 1 aliphatic heterocycles. The molecule has 2 aliphatic rings. The van der Waals surface area contributed by atoms with Crippen LogP contribution in [0.4, 0.5) is 0 Å². The van der Waals surface area contributed by atoms with Crippen molar-refractivity contribution in [2.24, 2.45) is 5.92 Å². The summed E-state index contributed by atoms with van der Waals surface area (Å²) in [7, 11) is 1.55. The first-order valence-corrected chi connectivity index (χ1v) is 11.3. The van der Waals surface area contributed by atoms with E-state index in [0.717, 1.165) is 18.4 Å². The van der Waals surface area contributed by atoms with E-state index >= 15 is 0 Å². The maximum Gasteiger partial charge on any atom is 0.330 e. The van der Waals surface area contributed by atoms with Crippen molar-refractivity contribution >= 4 is 0 Å². The number of hydrogen-bond donors (Lipinski definition) is 2. The summed E-state index contributed by atoms with van der Waals surface area (Å²) in [6.07, 6.45) is 0.550. The zero-order chi connectivity index (χ0) is 23.6. The van der Waals surface area contributed by atoms with Crippen LogP contribution in [0.3, 0.4) is 0 Å². The fraction of sp³-hybridized carbons (Fsp3) is 0.583. The number of aryl methyl sites for hydroxylation is 1. The van der Waals surface area contributed by atoms with Gasteiger partial charge in [-0.15, -0.1) is 0 Å². The Morgan fingerprint density at radius 3 is 2.70 bits per heavy atom. The van der Waals surface area contributed by atoms with E-state index in [9.17, 15) is 14.7 Å². The van der Waals surface area contributed by atoms with Crippen LogP contribution in [0.25, 0.3) is 0 Å². The monoisotopic (exact) mass is 460 g/mol. The summed E-state index contributed by atoms with van der Waals surface area (Å²) < 4.78 is 25.4. The maximum absolute atomic E-state index is 12.6. The second-order valence-electron chi connectivity index (χ2n) is 8.94. The number of rotatable bonds is 7. The van der Waals surface area contributed by atoms with Crippen molar-refractivity contribution in [1.29, 1.82) is 0 Å². The Labute approximate surface area is 192 Å². The molecule has 1 saturated carbocycles. The summed E-state index contributed by atoms with van der Waals surface area (Å²) in [5, 5.41) is 11.5. The van der Waals surface area contributed by atoms with Gasteiger partial charge in [0.1, 0.15) is 24.6 Å². The van der Waals surface area contributed by atoms with Crippen molar-refractivity contribution in [2.45, 2.75) is 69.9 Å². The van der Waals surface area contributed by atoms with Gasteiger partial charge in [-0.3, -0.25) is 14.3 Å². The van der Waals surface area contributed by atoms with Crippen molar-refractivity contribution in [3.05, 3.63) is 68.5 Å². The number of aromatic amines is 1. The minimum atomic E-state index is -1.16. The SMILES string of the molecule is COCO[C@H]1CCC[C@@H](C)C12O[C@@H](n1cc(C)c(=O)[nH]c1=O)[C@@H](O)[C@H]2OCc1ccccc1. The van der Waals surface area contributed by atoms with Gasteiger partial charge in [0.2, 0.25) is 0 Å². The quantitative estimate of drug-likeness (QED) is 0.607. The second-order valence-corrected chi connectivity index (χ2v) is 8.94. The largest absolute Gasteiger partial charge is 0.386 e. The summed E-state index contributed by atoms with van der Waals surface area (Å²) >= 11 is 0. The number of benzene rings is 1. The van der Waals surface area contributed by atoms with E-state index in [-0.39, 0.29) is 19.3 Å². The first-order chi connectivity index (χ1) is 15.9. The van der Waals surface area contributed by atoms with Gasteiger partial charge in [0, 0.05) is 18.9 Å². The molecule has 1 aromatic carbocycles. The summed E-state index contributed by atoms with van der Waals surface area (Å²) in [6, 6.07) is 9.68. The van der Waals surface area contributed by atoms with E-state index in [1.165, 1.54) is 10.8 Å². The molecule has 1 unspecified atom stereocenters. The van der Waals surface area contributed by atoms with E-state index < -0.39 is 41.4 Å². The first kappa shape index (κ1) is 23.8. The van der Waals surface area contributed by atoms with Crippen LogP contribution in [0.15, 0.2) is 46.1 Å². The van der Waals surface area contributed by atoms with Gasteiger partial charge in [-0.2, -0.15) is 0 Å². The van der Waals surface area contributed by atoms with Crippen LogP contribution in [-0.4, -0.2) is 52.5 Å². The van der Waals surface area contributed by atoms with Gasteiger partial charge < -0.3 is 24.1 Å². The number of aliphatic hydroxyl groups excluding tert-OH is 1. The van der Waals surface area contributed by atoms with Gasteiger partial charge in [0.25, 0.3) is 5.56 Å². The molecular formula is C24H32N2O7. The summed E-state index contributed by atoms with van der Waals surface area (Å²) in [5.74, 6) is -0.0203. The Kier molecular flexibility index (Phi) is 7.16. The molecule has 2 heterocycles. The van der Waals surface area contributed by atoms with Crippen molar-refractivity contribution in [1.82, 2.24) is 9.55 Å². The molecule has 0 amide bonds. The molecule has 1 aliphatic carbocycles. The fourth-order valence-electron chi connectivity index (χ4n) is 5.15. The molecule has 9 heteroatoms. The number of nitrogens with zero attached hydrogens (tertiary/aromatic N) is 1. The summed E-state index contributed by atoms with van der Waals surface area (Å²) in [4.78, 5) is 26.8. The number of aliphatic hydroxyl groups is 1. The number of H-pyrrole nitrogens is 1. The second kappa shape index (κ2) is 9.90. The van der Waals surface area contributed by atoms with Crippen molar-refractivity contribution in [2.75, 3.05) is 13.9 Å². The highest BCUT2D eigenvalue weighted by atomic mass is 16.7. The molecule has 1 spiro atoms. The Morgan fingerprint density at radius 1 is 1.21 bits per heavy atom.